The molecule has 1 aromatic carbocycles. The Morgan fingerprint density at radius 2 is 2.00 bits per heavy atom. The van der Waals surface area contributed by atoms with Crippen LogP contribution in [0.2, 0.25) is 0 Å². The van der Waals surface area contributed by atoms with Gasteiger partial charge in [0.05, 0.1) is 0 Å². The summed E-state index contributed by atoms with van der Waals surface area (Å²) in [6, 6.07) is 5.35. The summed E-state index contributed by atoms with van der Waals surface area (Å²) in [5.74, 6) is 0.0620. The maximum Gasteiger partial charge on any atom is 0.306 e. The number of rotatable bonds is 3. The predicted molar refractivity (Wildman–Crippen MR) is 67.0 cm³/mol. The van der Waals surface area contributed by atoms with Crippen molar-refractivity contribution in [3.8, 4) is 5.75 Å². The highest BCUT2D eigenvalue weighted by Gasteiger charge is 2.16. The predicted octanol–water partition coefficient (Wildman–Crippen LogP) is 2.97. The normalized spacial score (nSPS) is 11.3. The monoisotopic (exact) mass is 236 g/mol. The van der Waals surface area contributed by atoms with Crippen LogP contribution >= 0.6 is 0 Å². The third-order valence-electron chi connectivity index (χ3n) is 2.44. The molecule has 0 bridgehead atoms. The highest BCUT2D eigenvalue weighted by molar-refractivity contribution is 5.70. The van der Waals surface area contributed by atoms with Crippen molar-refractivity contribution >= 4 is 5.97 Å². The Morgan fingerprint density at radius 1 is 1.35 bits per heavy atom. The van der Waals surface area contributed by atoms with E-state index in [4.69, 9.17) is 4.74 Å². The molecule has 0 heterocycles. The van der Waals surface area contributed by atoms with Gasteiger partial charge < -0.3 is 9.84 Å². The van der Waals surface area contributed by atoms with Crippen molar-refractivity contribution in [1.29, 1.82) is 0 Å². The zero-order valence-electron chi connectivity index (χ0n) is 10.9. The summed E-state index contributed by atoms with van der Waals surface area (Å²) in [6.07, 6.45) is 0.927. The van der Waals surface area contributed by atoms with E-state index >= 15 is 0 Å². The molecular formula is C14H20O3. The second kappa shape index (κ2) is 5.21. The first-order valence-electron chi connectivity index (χ1n) is 5.79. The topological polar surface area (TPSA) is 46.5 Å². The number of ether oxygens (including phenoxy) is 1. The van der Waals surface area contributed by atoms with E-state index in [0.717, 1.165) is 11.1 Å². The summed E-state index contributed by atoms with van der Waals surface area (Å²) in [4.78, 5) is 11.5. The van der Waals surface area contributed by atoms with Crippen LogP contribution in [0.25, 0.3) is 0 Å². The van der Waals surface area contributed by atoms with Gasteiger partial charge in [-0.05, 0) is 51.3 Å². The van der Waals surface area contributed by atoms with Crippen LogP contribution in [0.5, 0.6) is 5.75 Å². The van der Waals surface area contributed by atoms with Gasteiger partial charge in [0.25, 0.3) is 0 Å². The average Bonchev–Trinajstić information content (AvgIpc) is 2.18. The van der Waals surface area contributed by atoms with E-state index in [9.17, 15) is 9.90 Å². The van der Waals surface area contributed by atoms with E-state index in [1.807, 2.05) is 33.8 Å². The lowest BCUT2D eigenvalue weighted by molar-refractivity contribution is -0.154. The van der Waals surface area contributed by atoms with E-state index in [1.54, 1.807) is 12.1 Å². The number of aryl methyl sites for hydroxylation is 1. The molecule has 1 N–H and O–H groups in total. The van der Waals surface area contributed by atoms with Crippen molar-refractivity contribution in [1.82, 2.24) is 0 Å². The van der Waals surface area contributed by atoms with Crippen LogP contribution in [0.1, 0.15) is 38.3 Å². The molecule has 0 fully saturated rings. The molecule has 1 aromatic rings. The van der Waals surface area contributed by atoms with Crippen LogP contribution in [-0.4, -0.2) is 16.7 Å². The number of hydrogen-bond donors (Lipinski definition) is 1. The van der Waals surface area contributed by atoms with E-state index in [2.05, 4.69) is 0 Å². The largest absolute Gasteiger partial charge is 0.508 e. The Hall–Kier alpha value is -1.51. The number of carbonyl (C=O) groups is 1. The van der Waals surface area contributed by atoms with Crippen molar-refractivity contribution in [3.63, 3.8) is 0 Å². The second-order valence-corrected chi connectivity index (χ2v) is 5.15. The molecular weight excluding hydrogens is 216 g/mol. The molecule has 17 heavy (non-hydrogen) atoms. The minimum absolute atomic E-state index is 0.208. The zero-order valence-corrected chi connectivity index (χ0v) is 10.9. The molecule has 3 heteroatoms. The fourth-order valence-electron chi connectivity index (χ4n) is 1.57. The Balaban J connectivity index is 2.56. The molecule has 0 aliphatic heterocycles. The number of hydrogen-bond acceptors (Lipinski definition) is 3. The lowest BCUT2D eigenvalue weighted by Gasteiger charge is -2.19. The summed E-state index contributed by atoms with van der Waals surface area (Å²) < 4.78 is 5.23. The first kappa shape index (κ1) is 13.6. The molecule has 0 aliphatic rings. The van der Waals surface area contributed by atoms with Gasteiger partial charge >= 0.3 is 5.97 Å². The third kappa shape index (κ3) is 4.47. The number of esters is 1. The number of phenolic OH excluding ortho intramolecular Hbond substituents is 1. The number of aromatic hydroxyl groups is 1. The molecule has 0 radical (unpaired) electrons. The van der Waals surface area contributed by atoms with Crippen molar-refractivity contribution in [2.45, 2.75) is 46.1 Å². The standard InChI is InChI=1S/C14H20O3/c1-10-11(6-5-7-12(10)15)8-9-13(16)17-14(2,3)4/h5-7,15H,8-9H2,1-4H3. The Labute approximate surface area is 102 Å². The fraction of sp³-hybridized carbons (Fsp3) is 0.500. The van der Waals surface area contributed by atoms with Gasteiger partial charge in [-0.1, -0.05) is 12.1 Å². The summed E-state index contributed by atoms with van der Waals surface area (Å²) in [5.41, 5.74) is 1.37. The van der Waals surface area contributed by atoms with Crippen molar-refractivity contribution in [3.05, 3.63) is 29.3 Å². The molecule has 1 rings (SSSR count). The van der Waals surface area contributed by atoms with Crippen LogP contribution in [0, 0.1) is 6.92 Å². The van der Waals surface area contributed by atoms with Crippen LogP contribution in [0.15, 0.2) is 18.2 Å². The molecule has 0 aromatic heterocycles. The Bertz CT molecular complexity index is 402. The zero-order chi connectivity index (χ0) is 13.1. The summed E-state index contributed by atoms with van der Waals surface area (Å²) >= 11 is 0. The van der Waals surface area contributed by atoms with E-state index in [-0.39, 0.29) is 11.7 Å². The van der Waals surface area contributed by atoms with E-state index < -0.39 is 5.60 Å². The Kier molecular flexibility index (Phi) is 4.16. The molecule has 94 valence electrons. The molecule has 3 nitrogen and oxygen atoms in total. The minimum Gasteiger partial charge on any atom is -0.508 e. The molecule has 0 amide bonds. The van der Waals surface area contributed by atoms with Gasteiger partial charge in [-0.3, -0.25) is 4.79 Å². The number of carbonyl (C=O) groups excluding carboxylic acids is 1. The summed E-state index contributed by atoms with van der Waals surface area (Å²) in [6.45, 7) is 7.40. The molecule has 0 spiro atoms. The summed E-state index contributed by atoms with van der Waals surface area (Å²) in [7, 11) is 0. The van der Waals surface area contributed by atoms with Gasteiger partial charge in [-0.25, -0.2) is 0 Å². The third-order valence-corrected chi connectivity index (χ3v) is 2.44. The lowest BCUT2D eigenvalue weighted by atomic mass is 10.0. The number of phenols is 1. The van der Waals surface area contributed by atoms with Gasteiger partial charge in [-0.15, -0.1) is 0 Å². The molecule has 0 saturated heterocycles. The summed E-state index contributed by atoms with van der Waals surface area (Å²) in [5, 5.41) is 9.54. The highest BCUT2D eigenvalue weighted by atomic mass is 16.6. The van der Waals surface area contributed by atoms with Crippen LogP contribution in [-0.2, 0) is 16.0 Å². The van der Waals surface area contributed by atoms with Crippen LogP contribution in [0.4, 0.5) is 0 Å². The SMILES string of the molecule is Cc1c(O)cccc1CCC(=O)OC(C)(C)C. The first-order valence-corrected chi connectivity index (χ1v) is 5.79. The van der Waals surface area contributed by atoms with Gasteiger partial charge in [0.1, 0.15) is 11.4 Å². The first-order chi connectivity index (χ1) is 7.79. The van der Waals surface area contributed by atoms with Crippen molar-refractivity contribution in [2.24, 2.45) is 0 Å². The smallest absolute Gasteiger partial charge is 0.306 e. The highest BCUT2D eigenvalue weighted by Crippen LogP contribution is 2.21. The molecule has 0 aliphatic carbocycles. The van der Waals surface area contributed by atoms with Gasteiger partial charge in [0.2, 0.25) is 0 Å². The fourth-order valence-corrected chi connectivity index (χ4v) is 1.57. The molecule has 0 atom stereocenters. The minimum atomic E-state index is -0.440. The van der Waals surface area contributed by atoms with Gasteiger partial charge in [0.15, 0.2) is 0 Å². The van der Waals surface area contributed by atoms with E-state index in [1.165, 1.54) is 0 Å². The van der Waals surface area contributed by atoms with Crippen LogP contribution < -0.4 is 0 Å². The van der Waals surface area contributed by atoms with Gasteiger partial charge in [0, 0.05) is 6.42 Å². The quantitative estimate of drug-likeness (QED) is 0.821. The van der Waals surface area contributed by atoms with E-state index in [0.29, 0.717) is 12.8 Å². The maximum absolute atomic E-state index is 11.5. The van der Waals surface area contributed by atoms with Crippen molar-refractivity contribution < 1.29 is 14.6 Å². The van der Waals surface area contributed by atoms with Crippen LogP contribution in [0.3, 0.4) is 0 Å². The van der Waals surface area contributed by atoms with Crippen molar-refractivity contribution in [2.75, 3.05) is 0 Å². The molecule has 0 unspecified atom stereocenters. The average molecular weight is 236 g/mol. The second-order valence-electron chi connectivity index (χ2n) is 5.15. The lowest BCUT2D eigenvalue weighted by Crippen LogP contribution is -2.24. The number of benzene rings is 1. The molecule has 0 saturated carbocycles. The van der Waals surface area contributed by atoms with Gasteiger partial charge in [-0.2, -0.15) is 0 Å². The maximum atomic E-state index is 11.5. The Morgan fingerprint density at radius 3 is 2.59 bits per heavy atom.